The van der Waals surface area contributed by atoms with Gasteiger partial charge in [-0.3, -0.25) is 10.1 Å². The van der Waals surface area contributed by atoms with Crippen LogP contribution in [0.3, 0.4) is 0 Å². The average molecular weight is 282 g/mol. The molecule has 1 atom stereocenters. The summed E-state index contributed by atoms with van der Waals surface area (Å²) in [7, 11) is 0. The predicted molar refractivity (Wildman–Crippen MR) is 78.5 cm³/mol. The summed E-state index contributed by atoms with van der Waals surface area (Å²) in [5.41, 5.74) is 0.773. The normalized spacial score (nSPS) is 11.9. The summed E-state index contributed by atoms with van der Waals surface area (Å²) >= 11 is 0. The van der Waals surface area contributed by atoms with Gasteiger partial charge in [-0.2, -0.15) is 0 Å². The molecule has 20 heavy (non-hydrogen) atoms. The van der Waals surface area contributed by atoms with Crippen molar-refractivity contribution in [1.82, 2.24) is 0 Å². The molecule has 6 nitrogen and oxygen atoms in total. The zero-order valence-corrected chi connectivity index (χ0v) is 12.2. The van der Waals surface area contributed by atoms with Gasteiger partial charge >= 0.3 is 5.69 Å². The molecule has 112 valence electrons. The van der Waals surface area contributed by atoms with Crippen molar-refractivity contribution in [2.24, 2.45) is 0 Å². The summed E-state index contributed by atoms with van der Waals surface area (Å²) in [5, 5.41) is 14.2. The number of hydrogen-bond donors (Lipinski definition) is 1. The van der Waals surface area contributed by atoms with Crippen LogP contribution in [0.2, 0.25) is 0 Å². The first-order valence-corrected chi connectivity index (χ1v) is 6.84. The third-order valence-corrected chi connectivity index (χ3v) is 2.60. The maximum absolute atomic E-state index is 10.9. The summed E-state index contributed by atoms with van der Waals surface area (Å²) in [5.74, 6) is 0.297. The Labute approximate surface area is 119 Å². The van der Waals surface area contributed by atoms with E-state index in [0.717, 1.165) is 12.1 Å². The fraction of sp³-hybridized carbons (Fsp3) is 0.571. The van der Waals surface area contributed by atoms with Crippen LogP contribution in [0.15, 0.2) is 18.2 Å². The molecule has 0 aliphatic carbocycles. The number of ether oxygens (including phenoxy) is 2. The topological polar surface area (TPSA) is 73.6 Å². The molecule has 1 aromatic rings. The molecule has 1 unspecified atom stereocenters. The molecular formula is C14H22N2O4. The van der Waals surface area contributed by atoms with E-state index in [-0.39, 0.29) is 11.7 Å². The van der Waals surface area contributed by atoms with Gasteiger partial charge in [-0.05, 0) is 26.3 Å². The second-order valence-electron chi connectivity index (χ2n) is 4.49. The van der Waals surface area contributed by atoms with E-state index in [0.29, 0.717) is 25.6 Å². The van der Waals surface area contributed by atoms with Gasteiger partial charge in [0, 0.05) is 30.5 Å². The third kappa shape index (κ3) is 5.05. The first kappa shape index (κ1) is 16.2. The van der Waals surface area contributed by atoms with Gasteiger partial charge in [-0.1, -0.05) is 6.92 Å². The minimum absolute atomic E-state index is 0.0125. The standard InChI is InChI=1S/C14H22N2O4/c1-4-8-20-14-9-12(6-7-13(14)16(17)18)15-11(3)10-19-5-2/h6-7,9,11,15H,4-5,8,10H2,1-3H3. The highest BCUT2D eigenvalue weighted by atomic mass is 16.6. The lowest BCUT2D eigenvalue weighted by molar-refractivity contribution is -0.385. The van der Waals surface area contributed by atoms with Gasteiger partial charge in [0.25, 0.3) is 0 Å². The monoisotopic (exact) mass is 282 g/mol. The van der Waals surface area contributed by atoms with E-state index >= 15 is 0 Å². The smallest absolute Gasteiger partial charge is 0.311 e. The maximum Gasteiger partial charge on any atom is 0.311 e. The molecule has 0 bridgehead atoms. The zero-order chi connectivity index (χ0) is 15.0. The number of hydrogen-bond acceptors (Lipinski definition) is 5. The lowest BCUT2D eigenvalue weighted by Gasteiger charge is -2.16. The van der Waals surface area contributed by atoms with Gasteiger partial charge in [0.1, 0.15) is 0 Å². The molecule has 0 aliphatic rings. The Balaban J connectivity index is 2.80. The Kier molecular flexibility index (Phi) is 6.79. The van der Waals surface area contributed by atoms with Gasteiger partial charge in [0.05, 0.1) is 18.1 Å². The summed E-state index contributed by atoms with van der Waals surface area (Å²) < 4.78 is 10.8. The molecule has 0 radical (unpaired) electrons. The highest BCUT2D eigenvalue weighted by Gasteiger charge is 2.16. The molecular weight excluding hydrogens is 260 g/mol. The average Bonchev–Trinajstić information content (AvgIpc) is 2.42. The Morgan fingerprint density at radius 1 is 1.40 bits per heavy atom. The van der Waals surface area contributed by atoms with Crippen molar-refractivity contribution in [2.45, 2.75) is 33.2 Å². The number of benzene rings is 1. The highest BCUT2D eigenvalue weighted by Crippen LogP contribution is 2.30. The predicted octanol–water partition coefficient (Wildman–Crippen LogP) is 3.22. The number of nitrogens with zero attached hydrogens (tertiary/aromatic N) is 1. The Hall–Kier alpha value is -1.82. The molecule has 1 rings (SSSR count). The number of rotatable bonds is 9. The van der Waals surface area contributed by atoms with Crippen LogP contribution in [0.1, 0.15) is 27.2 Å². The van der Waals surface area contributed by atoms with Crippen LogP contribution in [0.4, 0.5) is 11.4 Å². The fourth-order valence-electron chi connectivity index (χ4n) is 1.70. The van der Waals surface area contributed by atoms with Gasteiger partial charge < -0.3 is 14.8 Å². The fourth-order valence-corrected chi connectivity index (χ4v) is 1.70. The zero-order valence-electron chi connectivity index (χ0n) is 12.2. The highest BCUT2D eigenvalue weighted by molar-refractivity contribution is 5.58. The lowest BCUT2D eigenvalue weighted by atomic mass is 10.2. The second-order valence-corrected chi connectivity index (χ2v) is 4.49. The van der Waals surface area contributed by atoms with Crippen LogP contribution in [-0.2, 0) is 4.74 Å². The van der Waals surface area contributed by atoms with Gasteiger partial charge in [-0.15, -0.1) is 0 Å². The summed E-state index contributed by atoms with van der Waals surface area (Å²) in [4.78, 5) is 10.5. The molecule has 6 heteroatoms. The summed E-state index contributed by atoms with van der Waals surface area (Å²) in [6.07, 6.45) is 0.801. The first-order valence-electron chi connectivity index (χ1n) is 6.84. The summed E-state index contributed by atoms with van der Waals surface area (Å²) in [6.45, 7) is 7.59. The molecule has 0 amide bonds. The van der Waals surface area contributed by atoms with Crippen LogP contribution < -0.4 is 10.1 Å². The number of nitro benzene ring substituents is 1. The van der Waals surface area contributed by atoms with Gasteiger partial charge in [-0.25, -0.2) is 0 Å². The van der Waals surface area contributed by atoms with Crippen LogP contribution in [0, 0.1) is 10.1 Å². The minimum Gasteiger partial charge on any atom is -0.487 e. The van der Waals surface area contributed by atoms with E-state index in [9.17, 15) is 10.1 Å². The molecule has 1 N–H and O–H groups in total. The van der Waals surface area contributed by atoms with Crippen molar-refractivity contribution in [1.29, 1.82) is 0 Å². The molecule has 0 saturated heterocycles. The third-order valence-electron chi connectivity index (χ3n) is 2.60. The van der Waals surface area contributed by atoms with E-state index in [4.69, 9.17) is 9.47 Å². The van der Waals surface area contributed by atoms with Gasteiger partial charge in [0.2, 0.25) is 0 Å². The molecule has 0 aliphatic heterocycles. The van der Waals surface area contributed by atoms with Crippen molar-refractivity contribution in [3.8, 4) is 5.75 Å². The largest absolute Gasteiger partial charge is 0.487 e. The maximum atomic E-state index is 10.9. The van der Waals surface area contributed by atoms with Gasteiger partial charge in [0.15, 0.2) is 5.75 Å². The van der Waals surface area contributed by atoms with Crippen molar-refractivity contribution in [2.75, 3.05) is 25.1 Å². The lowest BCUT2D eigenvalue weighted by Crippen LogP contribution is -2.21. The van der Waals surface area contributed by atoms with E-state index in [1.54, 1.807) is 12.1 Å². The molecule has 0 fully saturated rings. The number of nitro groups is 1. The summed E-state index contributed by atoms with van der Waals surface area (Å²) in [6, 6.07) is 4.92. The van der Waals surface area contributed by atoms with Crippen molar-refractivity contribution >= 4 is 11.4 Å². The molecule has 0 heterocycles. The van der Waals surface area contributed by atoms with E-state index in [2.05, 4.69) is 5.32 Å². The van der Waals surface area contributed by atoms with Crippen LogP contribution >= 0.6 is 0 Å². The molecule has 1 aromatic carbocycles. The van der Waals surface area contributed by atoms with Crippen molar-refractivity contribution in [3.05, 3.63) is 28.3 Å². The molecule has 0 saturated carbocycles. The quantitative estimate of drug-likeness (QED) is 0.556. The van der Waals surface area contributed by atoms with Crippen LogP contribution in [0.25, 0.3) is 0 Å². The molecule has 0 aromatic heterocycles. The van der Waals surface area contributed by atoms with Crippen LogP contribution in [-0.4, -0.2) is 30.8 Å². The first-order chi connectivity index (χ1) is 9.58. The van der Waals surface area contributed by atoms with Crippen LogP contribution in [0.5, 0.6) is 5.75 Å². The van der Waals surface area contributed by atoms with Crippen molar-refractivity contribution < 1.29 is 14.4 Å². The number of anilines is 1. The van der Waals surface area contributed by atoms with E-state index in [1.165, 1.54) is 6.07 Å². The SMILES string of the molecule is CCCOc1cc(NC(C)COCC)ccc1[N+](=O)[O-]. The van der Waals surface area contributed by atoms with Crippen molar-refractivity contribution in [3.63, 3.8) is 0 Å². The Morgan fingerprint density at radius 3 is 2.75 bits per heavy atom. The second kappa shape index (κ2) is 8.37. The van der Waals surface area contributed by atoms with E-state index in [1.807, 2.05) is 20.8 Å². The molecule has 0 spiro atoms. The van der Waals surface area contributed by atoms with E-state index < -0.39 is 4.92 Å². The Bertz CT molecular complexity index is 437. The Morgan fingerprint density at radius 2 is 2.15 bits per heavy atom. The minimum atomic E-state index is -0.432. The number of nitrogens with one attached hydrogen (secondary N) is 1.